The largest absolute Gasteiger partial charge is 0.494 e. The van der Waals surface area contributed by atoms with Crippen LogP contribution in [-0.4, -0.2) is 50.4 Å². The molecule has 8 nitrogen and oxygen atoms in total. The minimum absolute atomic E-state index is 0.0683. The highest BCUT2D eigenvalue weighted by Crippen LogP contribution is 2.27. The predicted molar refractivity (Wildman–Crippen MR) is 160 cm³/mol. The van der Waals surface area contributed by atoms with Gasteiger partial charge in [-0.15, -0.1) is 0 Å². The average Bonchev–Trinajstić information content (AvgIpc) is 3.49. The van der Waals surface area contributed by atoms with E-state index in [0.29, 0.717) is 18.0 Å². The second-order valence-corrected chi connectivity index (χ2v) is 12.3. The quantitative estimate of drug-likeness (QED) is 0.325. The van der Waals surface area contributed by atoms with E-state index in [9.17, 15) is 18.0 Å². The van der Waals surface area contributed by atoms with Gasteiger partial charge in [-0.05, 0) is 75.6 Å². The molecule has 41 heavy (non-hydrogen) atoms. The molecule has 1 aliphatic carbocycles. The smallest absolute Gasteiger partial charge is 0.264 e. The SMILES string of the molecule is CCOc1ccc(N(CC(=O)N(Cc2ccc(C)cc2)[C@H](C)C(=O)NC2CCCC2)S(=O)(=O)c2ccccc2)cc1. The van der Waals surface area contributed by atoms with Crippen molar-refractivity contribution >= 4 is 27.5 Å². The van der Waals surface area contributed by atoms with Gasteiger partial charge < -0.3 is 15.0 Å². The van der Waals surface area contributed by atoms with Crippen LogP contribution in [0.2, 0.25) is 0 Å². The van der Waals surface area contributed by atoms with Crippen molar-refractivity contribution in [1.29, 1.82) is 0 Å². The lowest BCUT2D eigenvalue weighted by atomic mass is 10.1. The third-order valence-electron chi connectivity index (χ3n) is 7.39. The Morgan fingerprint density at radius 1 is 0.951 bits per heavy atom. The lowest BCUT2D eigenvalue weighted by molar-refractivity contribution is -0.139. The van der Waals surface area contributed by atoms with E-state index in [0.717, 1.165) is 41.1 Å². The summed E-state index contributed by atoms with van der Waals surface area (Å²) in [5, 5.41) is 3.09. The first-order valence-corrected chi connectivity index (χ1v) is 15.6. The maximum atomic E-state index is 14.0. The van der Waals surface area contributed by atoms with E-state index in [4.69, 9.17) is 4.74 Å². The molecule has 0 spiro atoms. The van der Waals surface area contributed by atoms with Gasteiger partial charge in [0.05, 0.1) is 17.2 Å². The molecule has 0 saturated heterocycles. The number of carbonyl (C=O) groups is 2. The number of hydrogen-bond acceptors (Lipinski definition) is 5. The van der Waals surface area contributed by atoms with Crippen LogP contribution in [0.3, 0.4) is 0 Å². The van der Waals surface area contributed by atoms with Crippen LogP contribution in [0.1, 0.15) is 50.7 Å². The molecule has 1 aliphatic rings. The Hall–Kier alpha value is -3.85. The summed E-state index contributed by atoms with van der Waals surface area (Å²) in [4.78, 5) is 28.9. The maximum Gasteiger partial charge on any atom is 0.264 e. The lowest BCUT2D eigenvalue weighted by Gasteiger charge is -2.32. The Morgan fingerprint density at radius 3 is 2.20 bits per heavy atom. The molecular weight excluding hydrogens is 538 g/mol. The van der Waals surface area contributed by atoms with Crippen LogP contribution in [0.5, 0.6) is 5.75 Å². The normalized spacial score (nSPS) is 14.3. The number of hydrogen-bond donors (Lipinski definition) is 1. The van der Waals surface area contributed by atoms with Gasteiger partial charge in [0.25, 0.3) is 10.0 Å². The van der Waals surface area contributed by atoms with Crippen LogP contribution in [0, 0.1) is 6.92 Å². The summed E-state index contributed by atoms with van der Waals surface area (Å²) in [5.74, 6) is -0.123. The summed E-state index contributed by atoms with van der Waals surface area (Å²) in [6.45, 7) is 5.71. The van der Waals surface area contributed by atoms with Gasteiger partial charge in [0.1, 0.15) is 18.3 Å². The average molecular weight is 578 g/mol. The Kier molecular flexibility index (Phi) is 10.0. The first-order chi connectivity index (χ1) is 19.7. The molecule has 9 heteroatoms. The minimum Gasteiger partial charge on any atom is -0.494 e. The third-order valence-corrected chi connectivity index (χ3v) is 9.18. The summed E-state index contributed by atoms with van der Waals surface area (Å²) in [5.41, 5.74) is 2.25. The van der Waals surface area contributed by atoms with Crippen molar-refractivity contribution in [3.05, 3.63) is 90.0 Å². The zero-order valence-electron chi connectivity index (χ0n) is 24.0. The number of nitrogens with zero attached hydrogens (tertiary/aromatic N) is 2. The zero-order chi connectivity index (χ0) is 29.4. The van der Waals surface area contributed by atoms with Crippen molar-refractivity contribution in [1.82, 2.24) is 10.2 Å². The number of rotatable bonds is 12. The zero-order valence-corrected chi connectivity index (χ0v) is 24.8. The summed E-state index contributed by atoms with van der Waals surface area (Å²) in [6.07, 6.45) is 3.98. The van der Waals surface area contributed by atoms with Gasteiger partial charge in [-0.3, -0.25) is 13.9 Å². The molecule has 4 rings (SSSR count). The lowest BCUT2D eigenvalue weighted by Crippen LogP contribution is -2.52. The van der Waals surface area contributed by atoms with Gasteiger partial charge in [-0.25, -0.2) is 8.42 Å². The van der Waals surface area contributed by atoms with Crippen LogP contribution < -0.4 is 14.4 Å². The van der Waals surface area contributed by atoms with Gasteiger partial charge in [0.15, 0.2) is 0 Å². The second kappa shape index (κ2) is 13.7. The highest BCUT2D eigenvalue weighted by atomic mass is 32.2. The van der Waals surface area contributed by atoms with Gasteiger partial charge in [0.2, 0.25) is 11.8 Å². The van der Waals surface area contributed by atoms with Crippen molar-refractivity contribution in [2.45, 2.75) is 70.0 Å². The molecule has 218 valence electrons. The Labute approximate surface area is 243 Å². The fraction of sp³-hybridized carbons (Fsp3) is 0.375. The molecule has 0 bridgehead atoms. The van der Waals surface area contributed by atoms with E-state index < -0.39 is 28.5 Å². The van der Waals surface area contributed by atoms with E-state index in [-0.39, 0.29) is 23.4 Å². The van der Waals surface area contributed by atoms with Crippen LogP contribution in [-0.2, 0) is 26.2 Å². The fourth-order valence-corrected chi connectivity index (χ4v) is 6.42. The summed E-state index contributed by atoms with van der Waals surface area (Å²) >= 11 is 0. The van der Waals surface area contributed by atoms with E-state index in [1.807, 2.05) is 38.1 Å². The van der Waals surface area contributed by atoms with Crippen molar-refractivity contribution in [2.24, 2.45) is 0 Å². The number of carbonyl (C=O) groups excluding carboxylic acids is 2. The number of aryl methyl sites for hydroxylation is 1. The Balaban J connectivity index is 1.67. The van der Waals surface area contributed by atoms with Crippen LogP contribution in [0.15, 0.2) is 83.8 Å². The molecule has 0 aromatic heterocycles. The molecule has 2 amide bonds. The van der Waals surface area contributed by atoms with Crippen molar-refractivity contribution in [2.75, 3.05) is 17.5 Å². The standard InChI is InChI=1S/C32H39N3O5S/c1-4-40-29-20-18-28(19-21-29)35(41(38,39)30-12-6-5-7-13-30)23-31(36)34(22-26-16-14-24(2)15-17-26)25(3)32(37)33-27-10-8-9-11-27/h5-7,12-21,25,27H,4,8-11,22-23H2,1-3H3,(H,33,37)/t25-/m1/s1. The molecule has 1 N–H and O–H groups in total. The number of anilines is 1. The van der Waals surface area contributed by atoms with Gasteiger partial charge in [-0.1, -0.05) is 60.9 Å². The van der Waals surface area contributed by atoms with E-state index >= 15 is 0 Å². The van der Waals surface area contributed by atoms with Gasteiger partial charge >= 0.3 is 0 Å². The predicted octanol–water partition coefficient (Wildman–Crippen LogP) is 5.07. The van der Waals surface area contributed by atoms with Crippen LogP contribution in [0.4, 0.5) is 5.69 Å². The summed E-state index contributed by atoms with van der Waals surface area (Å²) in [7, 11) is -4.11. The number of sulfonamides is 1. The molecule has 3 aromatic rings. The molecule has 0 unspecified atom stereocenters. The second-order valence-electron chi connectivity index (χ2n) is 10.4. The molecule has 1 saturated carbocycles. The molecule has 0 aliphatic heterocycles. The first kappa shape index (κ1) is 30.1. The highest BCUT2D eigenvalue weighted by molar-refractivity contribution is 7.92. The number of ether oxygens (including phenoxy) is 1. The maximum absolute atomic E-state index is 14.0. The van der Waals surface area contributed by atoms with Gasteiger partial charge in [0, 0.05) is 12.6 Å². The number of benzene rings is 3. The van der Waals surface area contributed by atoms with E-state index in [1.54, 1.807) is 49.4 Å². The van der Waals surface area contributed by atoms with Crippen molar-refractivity contribution in [3.8, 4) is 5.75 Å². The van der Waals surface area contributed by atoms with Crippen molar-refractivity contribution < 1.29 is 22.7 Å². The Morgan fingerprint density at radius 2 is 1.59 bits per heavy atom. The monoisotopic (exact) mass is 577 g/mol. The fourth-order valence-electron chi connectivity index (χ4n) is 4.99. The van der Waals surface area contributed by atoms with Gasteiger partial charge in [-0.2, -0.15) is 0 Å². The number of nitrogens with one attached hydrogen (secondary N) is 1. The molecule has 0 radical (unpaired) electrons. The molecule has 1 fully saturated rings. The van der Waals surface area contributed by atoms with E-state index in [2.05, 4.69) is 5.32 Å². The molecule has 1 atom stereocenters. The van der Waals surface area contributed by atoms with Crippen LogP contribution in [0.25, 0.3) is 0 Å². The summed E-state index contributed by atoms with van der Waals surface area (Å²) in [6, 6.07) is 21.7. The molecular formula is C32H39N3O5S. The van der Waals surface area contributed by atoms with Crippen molar-refractivity contribution in [3.63, 3.8) is 0 Å². The molecule has 3 aromatic carbocycles. The first-order valence-electron chi connectivity index (χ1n) is 14.1. The Bertz CT molecular complexity index is 1400. The van der Waals surface area contributed by atoms with Crippen LogP contribution >= 0.6 is 0 Å². The third kappa shape index (κ3) is 7.67. The molecule has 0 heterocycles. The topological polar surface area (TPSA) is 96.0 Å². The number of amides is 2. The van der Waals surface area contributed by atoms with E-state index in [1.165, 1.54) is 17.0 Å². The summed E-state index contributed by atoms with van der Waals surface area (Å²) < 4.78 is 34.4. The highest BCUT2D eigenvalue weighted by Gasteiger charge is 2.33. The minimum atomic E-state index is -4.11.